The molecule has 2 heterocycles. The van der Waals surface area contributed by atoms with Gasteiger partial charge in [0, 0.05) is 17.3 Å². The fourth-order valence-electron chi connectivity index (χ4n) is 3.02. The molecular weight excluding hydrogens is 412 g/mol. The van der Waals surface area contributed by atoms with E-state index in [1.165, 1.54) is 0 Å². The smallest absolute Gasteiger partial charge is 0.319 e. The lowest BCUT2D eigenvalue weighted by atomic mass is 10.2. The van der Waals surface area contributed by atoms with Gasteiger partial charge < -0.3 is 24.8 Å². The van der Waals surface area contributed by atoms with Crippen LogP contribution in [0.1, 0.15) is 0 Å². The van der Waals surface area contributed by atoms with Crippen molar-refractivity contribution in [3.63, 3.8) is 0 Å². The van der Waals surface area contributed by atoms with Crippen molar-refractivity contribution in [2.75, 3.05) is 32.7 Å². The number of anilines is 1. The molecule has 2 N–H and O–H groups in total. The summed E-state index contributed by atoms with van der Waals surface area (Å²) in [6, 6.07) is 17.8. The highest BCUT2D eigenvalue weighted by Gasteiger charge is 2.13. The van der Waals surface area contributed by atoms with Crippen molar-refractivity contribution in [1.82, 2.24) is 25.1 Å². The number of carbonyl (C=O) groups is 1. The second-order valence-corrected chi connectivity index (χ2v) is 6.63. The van der Waals surface area contributed by atoms with E-state index in [2.05, 4.69) is 25.9 Å². The SMILES string of the molecule is COc1ccc(-c2nnc3ccc(OCCNC(=O)Nc4ccccc4)nn23)cc1OC. The molecule has 0 radical (unpaired) electrons. The highest BCUT2D eigenvalue weighted by Crippen LogP contribution is 2.31. The molecule has 2 aromatic heterocycles. The molecule has 10 nitrogen and oxygen atoms in total. The minimum absolute atomic E-state index is 0.245. The Bertz CT molecular complexity index is 1210. The number of ether oxygens (including phenoxy) is 3. The molecule has 10 heteroatoms. The predicted molar refractivity (Wildman–Crippen MR) is 118 cm³/mol. The van der Waals surface area contributed by atoms with Crippen molar-refractivity contribution in [2.45, 2.75) is 0 Å². The third-order valence-electron chi connectivity index (χ3n) is 4.55. The Morgan fingerprint density at radius 2 is 1.78 bits per heavy atom. The number of carbonyl (C=O) groups excluding carboxylic acids is 1. The van der Waals surface area contributed by atoms with Gasteiger partial charge in [0.2, 0.25) is 5.88 Å². The number of urea groups is 1. The Labute approximate surface area is 184 Å². The first-order valence-corrected chi connectivity index (χ1v) is 9.85. The molecule has 4 aromatic rings. The summed E-state index contributed by atoms with van der Waals surface area (Å²) in [7, 11) is 3.15. The molecule has 0 saturated carbocycles. The van der Waals surface area contributed by atoms with E-state index in [9.17, 15) is 4.79 Å². The number of para-hydroxylation sites is 1. The van der Waals surface area contributed by atoms with E-state index in [0.717, 1.165) is 5.56 Å². The van der Waals surface area contributed by atoms with Crippen LogP contribution in [0.3, 0.4) is 0 Å². The van der Waals surface area contributed by atoms with Crippen LogP contribution in [0.25, 0.3) is 17.0 Å². The van der Waals surface area contributed by atoms with Gasteiger partial charge in [-0.15, -0.1) is 15.3 Å². The molecule has 164 valence electrons. The van der Waals surface area contributed by atoms with Crippen LogP contribution in [0.15, 0.2) is 60.7 Å². The Kier molecular flexibility index (Phi) is 6.30. The maximum atomic E-state index is 11.9. The summed E-state index contributed by atoms with van der Waals surface area (Å²) in [5.41, 5.74) is 2.05. The molecule has 0 unspecified atom stereocenters. The maximum Gasteiger partial charge on any atom is 0.319 e. The second kappa shape index (κ2) is 9.65. The molecule has 0 spiro atoms. The number of nitrogens with one attached hydrogen (secondary N) is 2. The van der Waals surface area contributed by atoms with Gasteiger partial charge in [-0.2, -0.15) is 4.52 Å². The van der Waals surface area contributed by atoms with Crippen LogP contribution in [0, 0.1) is 0 Å². The molecule has 0 aliphatic rings. The number of benzene rings is 2. The number of fused-ring (bicyclic) bond motifs is 1. The van der Waals surface area contributed by atoms with Gasteiger partial charge in [0.1, 0.15) is 6.61 Å². The zero-order valence-electron chi connectivity index (χ0n) is 17.6. The van der Waals surface area contributed by atoms with Gasteiger partial charge in [0.25, 0.3) is 0 Å². The average Bonchev–Trinajstić information content (AvgIpc) is 3.25. The average molecular weight is 434 g/mol. The number of hydrogen-bond acceptors (Lipinski definition) is 7. The van der Waals surface area contributed by atoms with Crippen LogP contribution >= 0.6 is 0 Å². The number of aromatic nitrogens is 4. The molecule has 4 rings (SSSR count). The topological polar surface area (TPSA) is 112 Å². The summed E-state index contributed by atoms with van der Waals surface area (Å²) in [6.07, 6.45) is 0. The monoisotopic (exact) mass is 434 g/mol. The zero-order chi connectivity index (χ0) is 22.3. The molecule has 0 atom stereocenters. The first kappa shape index (κ1) is 20.9. The highest BCUT2D eigenvalue weighted by molar-refractivity contribution is 5.89. The number of rotatable bonds is 8. The fourth-order valence-corrected chi connectivity index (χ4v) is 3.02. The second-order valence-electron chi connectivity index (χ2n) is 6.63. The number of nitrogens with zero attached hydrogens (tertiary/aromatic N) is 4. The first-order chi connectivity index (χ1) is 15.7. The minimum Gasteiger partial charge on any atom is -0.493 e. The van der Waals surface area contributed by atoms with E-state index < -0.39 is 0 Å². The van der Waals surface area contributed by atoms with E-state index in [1.807, 2.05) is 36.4 Å². The van der Waals surface area contributed by atoms with Gasteiger partial charge in [0.05, 0.1) is 20.8 Å². The molecule has 0 aliphatic heterocycles. The van der Waals surface area contributed by atoms with Crippen LogP contribution < -0.4 is 24.8 Å². The number of amides is 2. The lowest BCUT2D eigenvalue weighted by Gasteiger charge is -2.10. The molecule has 0 saturated heterocycles. The lowest BCUT2D eigenvalue weighted by molar-refractivity contribution is 0.246. The summed E-state index contributed by atoms with van der Waals surface area (Å²) >= 11 is 0. The van der Waals surface area contributed by atoms with Gasteiger partial charge in [0.15, 0.2) is 23.0 Å². The number of hydrogen-bond donors (Lipinski definition) is 2. The van der Waals surface area contributed by atoms with Crippen molar-refractivity contribution < 1.29 is 19.0 Å². The van der Waals surface area contributed by atoms with Crippen LogP contribution in [0.4, 0.5) is 10.5 Å². The normalized spacial score (nSPS) is 10.6. The maximum absolute atomic E-state index is 11.9. The van der Waals surface area contributed by atoms with Gasteiger partial charge in [-0.05, 0) is 36.4 Å². The summed E-state index contributed by atoms with van der Waals surface area (Å²) in [4.78, 5) is 11.9. The Morgan fingerprint density at radius 1 is 0.969 bits per heavy atom. The Hall–Kier alpha value is -4.34. The fraction of sp³-hybridized carbons (Fsp3) is 0.182. The Morgan fingerprint density at radius 3 is 2.56 bits per heavy atom. The first-order valence-electron chi connectivity index (χ1n) is 9.85. The van der Waals surface area contributed by atoms with E-state index in [-0.39, 0.29) is 12.6 Å². The van der Waals surface area contributed by atoms with Crippen molar-refractivity contribution >= 4 is 17.4 Å². The summed E-state index contributed by atoms with van der Waals surface area (Å²) in [5, 5.41) is 18.3. The van der Waals surface area contributed by atoms with Crippen LogP contribution in [0.5, 0.6) is 17.4 Å². The molecule has 0 fully saturated rings. The van der Waals surface area contributed by atoms with E-state index in [4.69, 9.17) is 14.2 Å². The standard InChI is InChI=1S/C22H22N6O4/c1-30-17-9-8-15(14-18(17)31-2)21-26-25-19-10-11-20(27-28(19)21)32-13-12-23-22(29)24-16-6-4-3-5-7-16/h3-11,14H,12-13H2,1-2H3,(H2,23,24,29). The van der Waals surface area contributed by atoms with Gasteiger partial charge in [-0.1, -0.05) is 18.2 Å². The highest BCUT2D eigenvalue weighted by atomic mass is 16.5. The van der Waals surface area contributed by atoms with Crippen LogP contribution in [-0.2, 0) is 0 Å². The van der Waals surface area contributed by atoms with Crippen molar-refractivity contribution in [2.24, 2.45) is 0 Å². The van der Waals surface area contributed by atoms with E-state index in [1.54, 1.807) is 43.0 Å². The summed E-state index contributed by atoms with van der Waals surface area (Å²) in [6.45, 7) is 0.553. The zero-order valence-corrected chi connectivity index (χ0v) is 17.6. The molecule has 2 amide bonds. The van der Waals surface area contributed by atoms with Crippen molar-refractivity contribution in [3.8, 4) is 28.8 Å². The van der Waals surface area contributed by atoms with Crippen LogP contribution in [0.2, 0.25) is 0 Å². The summed E-state index contributed by atoms with van der Waals surface area (Å²) < 4.78 is 17.9. The lowest BCUT2D eigenvalue weighted by Crippen LogP contribution is -2.32. The van der Waals surface area contributed by atoms with Crippen molar-refractivity contribution in [3.05, 3.63) is 60.7 Å². The molecule has 0 bridgehead atoms. The van der Waals surface area contributed by atoms with E-state index in [0.29, 0.717) is 41.1 Å². The largest absolute Gasteiger partial charge is 0.493 e. The molecular formula is C22H22N6O4. The van der Waals surface area contributed by atoms with Crippen LogP contribution in [-0.4, -0.2) is 53.2 Å². The quantitative estimate of drug-likeness (QED) is 0.410. The molecule has 32 heavy (non-hydrogen) atoms. The van der Waals surface area contributed by atoms with Crippen molar-refractivity contribution in [1.29, 1.82) is 0 Å². The minimum atomic E-state index is -0.308. The van der Waals surface area contributed by atoms with E-state index >= 15 is 0 Å². The summed E-state index contributed by atoms with van der Waals surface area (Å²) in [5.74, 6) is 2.11. The third-order valence-corrected chi connectivity index (χ3v) is 4.55. The number of methoxy groups -OCH3 is 2. The molecule has 0 aliphatic carbocycles. The van der Waals surface area contributed by atoms with Gasteiger partial charge in [-0.25, -0.2) is 4.79 Å². The third kappa shape index (κ3) is 4.69. The molecule has 2 aromatic carbocycles. The van der Waals surface area contributed by atoms with Gasteiger partial charge in [-0.3, -0.25) is 0 Å². The Balaban J connectivity index is 1.40. The van der Waals surface area contributed by atoms with Gasteiger partial charge >= 0.3 is 6.03 Å². The predicted octanol–water partition coefficient (Wildman–Crippen LogP) is 3.01.